The van der Waals surface area contributed by atoms with Gasteiger partial charge in [-0.1, -0.05) is 66.8 Å². The molecule has 4 heterocycles. The highest BCUT2D eigenvalue weighted by molar-refractivity contribution is 6.49. The van der Waals surface area contributed by atoms with Crippen molar-refractivity contribution in [3.63, 3.8) is 0 Å². The number of nitrogen functional groups attached to an aromatic ring is 1. The minimum absolute atomic E-state index is 0.0542. The van der Waals surface area contributed by atoms with Gasteiger partial charge in [-0.3, -0.25) is 19.1 Å². The molecular formula is C33H30Cl4FN7O2. The van der Waals surface area contributed by atoms with E-state index in [1.54, 1.807) is 17.2 Å². The first kappa shape index (κ1) is 34.5. The summed E-state index contributed by atoms with van der Waals surface area (Å²) in [6.45, 7) is 13.6. The van der Waals surface area contributed by atoms with Gasteiger partial charge < -0.3 is 15.5 Å². The largest absolute Gasteiger partial charge is 0.397 e. The predicted octanol–water partition coefficient (Wildman–Crippen LogP) is 7.70. The Balaban J connectivity index is 1.95. The van der Waals surface area contributed by atoms with Gasteiger partial charge in [-0.25, -0.2) is 9.37 Å². The van der Waals surface area contributed by atoms with Gasteiger partial charge >= 0.3 is 0 Å². The summed E-state index contributed by atoms with van der Waals surface area (Å²) in [5.74, 6) is -1.36. The van der Waals surface area contributed by atoms with Crippen molar-refractivity contribution in [1.82, 2.24) is 19.4 Å². The third-order valence-corrected chi connectivity index (χ3v) is 9.92. The summed E-state index contributed by atoms with van der Waals surface area (Å²) >= 11 is 25.5. The Morgan fingerprint density at radius 1 is 1.15 bits per heavy atom. The van der Waals surface area contributed by atoms with Crippen LogP contribution < -0.4 is 16.2 Å². The zero-order chi connectivity index (χ0) is 34.6. The summed E-state index contributed by atoms with van der Waals surface area (Å²) in [5.41, 5.74) is 6.76. The second-order valence-corrected chi connectivity index (χ2v) is 13.3. The molecule has 1 saturated heterocycles. The lowest BCUT2D eigenvalue weighted by Crippen LogP contribution is -2.58. The third kappa shape index (κ3) is 5.59. The number of rotatable bonds is 5. The van der Waals surface area contributed by atoms with Crippen LogP contribution >= 0.6 is 46.4 Å². The molecule has 1 aliphatic rings. The SMILES string of the molecule is C=CC(=O)N1[C@H](C)CN(c2c(C#N)c(=O)n(-c3c(C)ccnc3C(C)C)c3nc(-c4c(N)c(Cl)c(Cl)c(Cl)c4F)c(Cl)cc23)C[C@@H]1C. The van der Waals surface area contributed by atoms with E-state index in [0.29, 0.717) is 22.3 Å². The molecule has 0 radical (unpaired) electrons. The Morgan fingerprint density at radius 3 is 2.36 bits per heavy atom. The fraction of sp³-hybridized carbons (Fsp3) is 0.303. The summed E-state index contributed by atoms with van der Waals surface area (Å²) in [6.07, 6.45) is 2.89. The standard InChI is InChI=1S/C33H30Cl4FN7O2/c1-7-21(46)44-16(5)12-43(13-17(44)6)31-18-10-20(34)29(22-26(38)24(36)23(35)25(37)27(22)40)42-32(18)45(33(47)19(31)11-39)30-15(4)8-9-41-28(30)14(2)3/h7-10,14,16-17H,1,12-13,40H2,2-6H3/t16-,17+. The molecule has 0 unspecified atom stereocenters. The molecule has 3 aromatic heterocycles. The van der Waals surface area contributed by atoms with Crippen molar-refractivity contribution in [1.29, 1.82) is 5.26 Å². The highest BCUT2D eigenvalue weighted by Gasteiger charge is 2.36. The number of fused-ring (bicyclic) bond motifs is 1. The van der Waals surface area contributed by atoms with Crippen molar-refractivity contribution in [2.24, 2.45) is 0 Å². The highest BCUT2D eigenvalue weighted by atomic mass is 35.5. The van der Waals surface area contributed by atoms with Gasteiger partial charge in [0.15, 0.2) is 5.82 Å². The Bertz CT molecular complexity index is 2050. The molecule has 9 nitrogen and oxygen atoms in total. The molecule has 244 valence electrons. The third-order valence-electron chi connectivity index (χ3n) is 8.32. The number of benzene rings is 1. The van der Waals surface area contributed by atoms with Gasteiger partial charge in [0.2, 0.25) is 5.91 Å². The zero-order valence-electron chi connectivity index (χ0n) is 26.1. The van der Waals surface area contributed by atoms with Gasteiger partial charge in [-0.05, 0) is 50.5 Å². The molecule has 1 amide bonds. The Morgan fingerprint density at radius 2 is 1.79 bits per heavy atom. The number of nitrogens with zero attached hydrogens (tertiary/aromatic N) is 6. The molecule has 0 bridgehead atoms. The van der Waals surface area contributed by atoms with Crippen molar-refractivity contribution in [2.75, 3.05) is 23.7 Å². The Hall–Kier alpha value is -3.88. The van der Waals surface area contributed by atoms with E-state index in [2.05, 4.69) is 17.6 Å². The molecule has 0 saturated carbocycles. The molecule has 2 atom stereocenters. The minimum atomic E-state index is -0.999. The number of aromatic nitrogens is 3. The lowest BCUT2D eigenvalue weighted by atomic mass is 10.0. The molecule has 0 spiro atoms. The number of anilines is 2. The Labute approximate surface area is 290 Å². The monoisotopic (exact) mass is 715 g/mol. The smallest absolute Gasteiger partial charge is 0.276 e. The van der Waals surface area contributed by atoms with Crippen molar-refractivity contribution in [3.8, 4) is 23.0 Å². The van der Waals surface area contributed by atoms with E-state index in [4.69, 9.17) is 57.1 Å². The normalized spacial score (nSPS) is 16.6. The van der Waals surface area contributed by atoms with E-state index in [-0.39, 0.29) is 85.9 Å². The van der Waals surface area contributed by atoms with E-state index in [1.807, 2.05) is 39.5 Å². The van der Waals surface area contributed by atoms with Crippen molar-refractivity contribution < 1.29 is 9.18 Å². The van der Waals surface area contributed by atoms with Crippen LogP contribution in [0.1, 0.15) is 50.4 Å². The maximum atomic E-state index is 15.8. The van der Waals surface area contributed by atoms with E-state index < -0.39 is 16.4 Å². The lowest BCUT2D eigenvalue weighted by molar-refractivity contribution is -0.130. The molecule has 0 aliphatic carbocycles. The predicted molar refractivity (Wildman–Crippen MR) is 187 cm³/mol. The van der Waals surface area contributed by atoms with Crippen LogP contribution in [0.15, 0.2) is 35.8 Å². The number of pyridine rings is 3. The van der Waals surface area contributed by atoms with Gasteiger partial charge in [-0.2, -0.15) is 5.26 Å². The second-order valence-electron chi connectivity index (χ2n) is 11.8. The number of hydrogen-bond donors (Lipinski definition) is 1. The minimum Gasteiger partial charge on any atom is -0.397 e. The number of halogens is 5. The molecule has 5 rings (SSSR count). The van der Waals surface area contributed by atoms with Crippen molar-refractivity contribution in [3.05, 3.63) is 84.1 Å². The fourth-order valence-corrected chi connectivity index (χ4v) is 7.15. The van der Waals surface area contributed by atoms with Crippen LogP contribution in [0, 0.1) is 24.1 Å². The first-order chi connectivity index (χ1) is 22.2. The van der Waals surface area contributed by atoms with Crippen LogP contribution in [0.5, 0.6) is 0 Å². The number of carbonyl (C=O) groups is 1. The van der Waals surface area contributed by atoms with Gasteiger partial charge in [0.25, 0.3) is 5.56 Å². The Kier molecular flexibility index (Phi) is 9.50. The van der Waals surface area contributed by atoms with Crippen molar-refractivity contribution >= 4 is 74.7 Å². The van der Waals surface area contributed by atoms with Crippen molar-refractivity contribution in [2.45, 2.75) is 52.6 Å². The van der Waals surface area contributed by atoms with Crippen LogP contribution in [-0.4, -0.2) is 50.5 Å². The topological polar surface area (TPSA) is 121 Å². The first-order valence-electron chi connectivity index (χ1n) is 14.6. The number of carbonyl (C=O) groups excluding carboxylic acids is 1. The zero-order valence-corrected chi connectivity index (χ0v) is 29.2. The van der Waals surface area contributed by atoms with Crippen LogP contribution in [-0.2, 0) is 4.79 Å². The summed E-state index contributed by atoms with van der Waals surface area (Å²) in [5, 5.41) is 9.88. The van der Waals surface area contributed by atoms with Crippen LogP contribution in [0.25, 0.3) is 28.0 Å². The summed E-state index contributed by atoms with van der Waals surface area (Å²) in [4.78, 5) is 40.2. The summed E-state index contributed by atoms with van der Waals surface area (Å²) in [7, 11) is 0. The maximum absolute atomic E-state index is 15.8. The molecule has 47 heavy (non-hydrogen) atoms. The number of nitrogens with two attached hydrogens (primary N) is 1. The number of amides is 1. The van der Waals surface area contributed by atoms with Gasteiger partial charge in [-0.15, -0.1) is 0 Å². The molecule has 1 aliphatic heterocycles. The summed E-state index contributed by atoms with van der Waals surface area (Å²) in [6, 6.07) is 4.75. The second kappa shape index (κ2) is 13.0. The molecule has 2 N–H and O–H groups in total. The molecule has 1 aromatic carbocycles. The van der Waals surface area contributed by atoms with Gasteiger partial charge in [0, 0.05) is 36.8 Å². The van der Waals surface area contributed by atoms with Crippen LogP contribution in [0.3, 0.4) is 0 Å². The average molecular weight is 717 g/mol. The quantitative estimate of drug-likeness (QED) is 0.0973. The first-order valence-corrected chi connectivity index (χ1v) is 16.1. The molecule has 14 heteroatoms. The molecule has 1 fully saturated rings. The number of piperazine rings is 1. The maximum Gasteiger partial charge on any atom is 0.276 e. The van der Waals surface area contributed by atoms with Crippen LogP contribution in [0.2, 0.25) is 20.1 Å². The van der Waals surface area contributed by atoms with E-state index in [0.717, 1.165) is 0 Å². The van der Waals surface area contributed by atoms with E-state index in [1.165, 1.54) is 16.7 Å². The number of nitriles is 1. The molecular weight excluding hydrogens is 687 g/mol. The van der Waals surface area contributed by atoms with Gasteiger partial charge in [0.05, 0.1) is 54.1 Å². The summed E-state index contributed by atoms with van der Waals surface area (Å²) < 4.78 is 17.1. The number of aryl methyl sites for hydroxylation is 1. The van der Waals surface area contributed by atoms with Gasteiger partial charge in [0.1, 0.15) is 17.3 Å². The van der Waals surface area contributed by atoms with E-state index >= 15 is 4.39 Å². The average Bonchev–Trinajstić information content (AvgIpc) is 3.02. The van der Waals surface area contributed by atoms with E-state index in [9.17, 15) is 14.9 Å². The lowest BCUT2D eigenvalue weighted by Gasteiger charge is -2.45. The fourth-order valence-electron chi connectivity index (χ4n) is 6.29. The molecule has 4 aromatic rings. The van der Waals surface area contributed by atoms with Crippen LogP contribution in [0.4, 0.5) is 15.8 Å². The highest BCUT2D eigenvalue weighted by Crippen LogP contribution is 2.46. The number of hydrogen-bond acceptors (Lipinski definition) is 7.